The molecule has 0 aromatic heterocycles. The number of Topliss-reactive ketones (excluding diaryl/α,β-unsaturated/α-hetero) is 1. The molecule has 3 rings (SSSR count). The van der Waals surface area contributed by atoms with Crippen molar-refractivity contribution in [3.05, 3.63) is 39.9 Å². The zero-order valence-corrected chi connectivity index (χ0v) is 15.9. The van der Waals surface area contributed by atoms with E-state index in [4.69, 9.17) is 18.9 Å². The Morgan fingerprint density at radius 3 is 2.15 bits per heavy atom. The van der Waals surface area contributed by atoms with Gasteiger partial charge in [0.25, 0.3) is 5.91 Å². The number of amides is 1. The summed E-state index contributed by atoms with van der Waals surface area (Å²) in [6.07, 6.45) is 0. The molecular formula is C18H16BrNO6. The molecule has 0 atom stereocenters. The van der Waals surface area contributed by atoms with Gasteiger partial charge in [0.1, 0.15) is 16.0 Å². The van der Waals surface area contributed by atoms with Crippen molar-refractivity contribution in [3.8, 4) is 23.0 Å². The first-order valence-electron chi connectivity index (χ1n) is 7.62. The second kappa shape index (κ2) is 7.25. The normalized spacial score (nSPS) is 11.8. The van der Waals surface area contributed by atoms with Crippen molar-refractivity contribution in [2.75, 3.05) is 26.3 Å². The summed E-state index contributed by atoms with van der Waals surface area (Å²) in [6, 6.07) is 6.28. The van der Waals surface area contributed by atoms with Gasteiger partial charge in [0.15, 0.2) is 17.3 Å². The van der Waals surface area contributed by atoms with Gasteiger partial charge in [-0.2, -0.15) is 0 Å². The van der Waals surface area contributed by atoms with E-state index in [0.29, 0.717) is 44.3 Å². The number of hydrogen-bond acceptors (Lipinski definition) is 6. The number of fused-ring (bicyclic) bond motifs is 1. The lowest BCUT2D eigenvalue weighted by Gasteiger charge is -2.13. The van der Waals surface area contributed by atoms with Crippen molar-refractivity contribution < 1.29 is 28.5 Å². The van der Waals surface area contributed by atoms with Gasteiger partial charge >= 0.3 is 0 Å². The lowest BCUT2D eigenvalue weighted by Crippen LogP contribution is -2.15. The average Bonchev–Trinajstić information content (AvgIpc) is 3.08. The molecule has 1 N–H and O–H groups in total. The zero-order chi connectivity index (χ0) is 18.8. The molecule has 0 radical (unpaired) electrons. The number of methoxy groups -OCH3 is 2. The number of anilines is 1. The van der Waals surface area contributed by atoms with Gasteiger partial charge < -0.3 is 24.3 Å². The van der Waals surface area contributed by atoms with Crippen LogP contribution in [0.25, 0.3) is 0 Å². The number of benzene rings is 2. The van der Waals surface area contributed by atoms with Crippen molar-refractivity contribution in [3.63, 3.8) is 0 Å². The largest absolute Gasteiger partial charge is 0.495 e. The maximum Gasteiger partial charge on any atom is 0.255 e. The third-order valence-corrected chi connectivity index (χ3v) is 4.63. The van der Waals surface area contributed by atoms with Crippen LogP contribution in [0.2, 0.25) is 0 Å². The minimum Gasteiger partial charge on any atom is -0.495 e. The van der Waals surface area contributed by atoms with E-state index >= 15 is 0 Å². The molecule has 2 aromatic carbocycles. The monoisotopic (exact) mass is 421 g/mol. The molecule has 1 aliphatic rings. The van der Waals surface area contributed by atoms with Crippen LogP contribution in [0, 0.1) is 0 Å². The predicted octanol–water partition coefficient (Wildman–Crippen LogP) is 3.65. The molecule has 1 aliphatic heterocycles. The molecule has 8 heteroatoms. The summed E-state index contributed by atoms with van der Waals surface area (Å²) in [5.74, 6) is 1.22. The third kappa shape index (κ3) is 3.32. The fourth-order valence-corrected chi connectivity index (χ4v) is 3.08. The summed E-state index contributed by atoms with van der Waals surface area (Å²) >= 11 is 3.36. The fraction of sp³-hybridized carbons (Fsp3) is 0.222. The van der Waals surface area contributed by atoms with Crippen LogP contribution in [0.3, 0.4) is 0 Å². The summed E-state index contributed by atoms with van der Waals surface area (Å²) < 4.78 is 21.7. The van der Waals surface area contributed by atoms with E-state index < -0.39 is 5.91 Å². The predicted molar refractivity (Wildman–Crippen MR) is 97.8 cm³/mol. The first-order chi connectivity index (χ1) is 12.4. The van der Waals surface area contributed by atoms with Crippen LogP contribution in [-0.2, 0) is 0 Å². The molecule has 136 valence electrons. The molecule has 1 heterocycles. The van der Waals surface area contributed by atoms with E-state index in [1.54, 1.807) is 24.3 Å². The molecule has 2 aromatic rings. The van der Waals surface area contributed by atoms with E-state index in [1.807, 2.05) is 0 Å². The summed E-state index contributed by atoms with van der Waals surface area (Å²) in [5.41, 5.74) is 0.986. The molecule has 0 saturated carbocycles. The Hall–Kier alpha value is -2.74. The van der Waals surface area contributed by atoms with Crippen LogP contribution < -0.4 is 24.3 Å². The number of carbonyl (C=O) groups excluding carboxylic acids is 2. The Bertz CT molecular complexity index is 870. The lowest BCUT2D eigenvalue weighted by molar-refractivity contribution is 0.101. The molecule has 0 saturated heterocycles. The molecule has 0 spiro atoms. The quantitative estimate of drug-likeness (QED) is 0.741. The van der Waals surface area contributed by atoms with Gasteiger partial charge in [-0.1, -0.05) is 0 Å². The molecule has 0 fully saturated rings. The number of hydrogen-bond donors (Lipinski definition) is 1. The standard InChI is InChI=1S/C18H16BrNO6/c1-9(21)11-6-13-14(26-8-25-13)7-12(11)20-18(22)10-4-15(23-2)17(19)16(5-10)24-3/h4-7H,8H2,1-3H3,(H,20,22). The smallest absolute Gasteiger partial charge is 0.255 e. The van der Waals surface area contributed by atoms with Gasteiger partial charge in [-0.3, -0.25) is 9.59 Å². The molecule has 0 aliphatic carbocycles. The highest BCUT2D eigenvalue weighted by Crippen LogP contribution is 2.38. The molecule has 1 amide bonds. The maximum atomic E-state index is 12.7. The zero-order valence-electron chi connectivity index (χ0n) is 14.3. The number of ketones is 1. The van der Waals surface area contributed by atoms with E-state index in [0.717, 1.165) is 0 Å². The van der Waals surface area contributed by atoms with Crippen LogP contribution in [0.4, 0.5) is 5.69 Å². The first kappa shape index (κ1) is 18.1. The van der Waals surface area contributed by atoms with E-state index in [9.17, 15) is 9.59 Å². The SMILES string of the molecule is COc1cc(C(=O)Nc2cc3c(cc2C(C)=O)OCO3)cc(OC)c1Br. The lowest BCUT2D eigenvalue weighted by atomic mass is 10.1. The Morgan fingerprint density at radius 1 is 1.04 bits per heavy atom. The average molecular weight is 422 g/mol. The Morgan fingerprint density at radius 2 is 1.62 bits per heavy atom. The number of carbonyl (C=O) groups is 2. The minimum atomic E-state index is -0.421. The van der Waals surface area contributed by atoms with Crippen molar-refractivity contribution in [2.45, 2.75) is 6.92 Å². The summed E-state index contributed by atoms with van der Waals surface area (Å²) in [4.78, 5) is 24.7. The van der Waals surface area contributed by atoms with Crippen LogP contribution in [-0.4, -0.2) is 32.7 Å². The van der Waals surface area contributed by atoms with E-state index in [1.165, 1.54) is 21.1 Å². The van der Waals surface area contributed by atoms with Gasteiger partial charge in [-0.25, -0.2) is 0 Å². The number of nitrogens with one attached hydrogen (secondary N) is 1. The van der Waals surface area contributed by atoms with E-state index in [-0.39, 0.29) is 12.6 Å². The molecule has 0 bridgehead atoms. The van der Waals surface area contributed by atoms with Gasteiger partial charge in [0.2, 0.25) is 6.79 Å². The topological polar surface area (TPSA) is 83.1 Å². The Labute approximate surface area is 158 Å². The van der Waals surface area contributed by atoms with Gasteiger partial charge in [0, 0.05) is 17.2 Å². The van der Waals surface area contributed by atoms with Crippen molar-refractivity contribution in [1.82, 2.24) is 0 Å². The maximum absolute atomic E-state index is 12.7. The van der Waals surface area contributed by atoms with Crippen molar-refractivity contribution >= 4 is 33.3 Å². The second-order valence-corrected chi connectivity index (χ2v) is 6.25. The van der Waals surface area contributed by atoms with Crippen LogP contribution in [0.1, 0.15) is 27.6 Å². The number of rotatable bonds is 5. The van der Waals surface area contributed by atoms with Crippen molar-refractivity contribution in [1.29, 1.82) is 0 Å². The highest BCUT2D eigenvalue weighted by molar-refractivity contribution is 9.10. The third-order valence-electron chi connectivity index (χ3n) is 3.85. The minimum absolute atomic E-state index is 0.0746. The second-order valence-electron chi connectivity index (χ2n) is 5.46. The Kier molecular flexibility index (Phi) is 5.03. The summed E-state index contributed by atoms with van der Waals surface area (Å²) in [6.45, 7) is 1.49. The van der Waals surface area contributed by atoms with Crippen LogP contribution >= 0.6 is 15.9 Å². The highest BCUT2D eigenvalue weighted by Gasteiger charge is 2.21. The fourth-order valence-electron chi connectivity index (χ4n) is 2.53. The molecule has 0 unspecified atom stereocenters. The van der Waals surface area contributed by atoms with Gasteiger partial charge in [-0.05, 0) is 41.1 Å². The number of halogens is 1. The van der Waals surface area contributed by atoms with Gasteiger partial charge in [-0.15, -0.1) is 0 Å². The molecular weight excluding hydrogens is 406 g/mol. The Balaban J connectivity index is 1.97. The number of ether oxygens (including phenoxy) is 4. The first-order valence-corrected chi connectivity index (χ1v) is 8.41. The molecule has 26 heavy (non-hydrogen) atoms. The highest BCUT2D eigenvalue weighted by atomic mass is 79.9. The van der Waals surface area contributed by atoms with Gasteiger partial charge in [0.05, 0.1) is 19.9 Å². The van der Waals surface area contributed by atoms with E-state index in [2.05, 4.69) is 21.2 Å². The van der Waals surface area contributed by atoms with Crippen LogP contribution in [0.15, 0.2) is 28.7 Å². The van der Waals surface area contributed by atoms with Crippen LogP contribution in [0.5, 0.6) is 23.0 Å². The summed E-state index contributed by atoms with van der Waals surface area (Å²) in [7, 11) is 2.99. The summed E-state index contributed by atoms with van der Waals surface area (Å²) in [5, 5.41) is 2.74. The molecule has 7 nitrogen and oxygen atoms in total. The van der Waals surface area contributed by atoms with Crippen molar-refractivity contribution in [2.24, 2.45) is 0 Å².